The number of aliphatic hydroxyl groups is 1. The Hall–Kier alpha value is -6.70. The first kappa shape index (κ1) is 41.3. The number of nitrogens with zero attached hydrogens (tertiary/aromatic N) is 4. The van der Waals surface area contributed by atoms with Crippen molar-refractivity contribution >= 4 is 17.7 Å². The standard InChI is InChI=1S/3C9H6FN.C8H5F.C4H7NO/c1-7(6-11)8-2-4-9(10)5-3-8;2*10-9-5-3-8(4-6-9)2-1-7-11;1-2-7-3-5-8(9)6-4-7;1-4(2,6)3-5/h2-5H,1H2;2*1-6H;1,3-6H;6H,1-2H3/b;2-1+;2-1-;;. The lowest BCUT2D eigenvalue weighted by Crippen LogP contribution is -2.13. The molecule has 0 aromatic heterocycles. The van der Waals surface area contributed by atoms with Crippen molar-refractivity contribution in [2.75, 3.05) is 0 Å². The van der Waals surface area contributed by atoms with Crippen molar-refractivity contribution in [3.05, 3.63) is 161 Å². The number of hydrogen-bond donors (Lipinski definition) is 1. The van der Waals surface area contributed by atoms with E-state index in [2.05, 4.69) is 12.5 Å². The van der Waals surface area contributed by atoms with Crippen LogP contribution in [0.2, 0.25) is 0 Å². The van der Waals surface area contributed by atoms with Crippen molar-refractivity contribution in [1.29, 1.82) is 21.0 Å². The smallest absolute Gasteiger partial charge is 0.145 e. The molecule has 240 valence electrons. The second-order valence-electron chi connectivity index (χ2n) is 9.45. The summed E-state index contributed by atoms with van der Waals surface area (Å²) in [5, 5.41) is 41.1. The first-order chi connectivity index (χ1) is 22.8. The summed E-state index contributed by atoms with van der Waals surface area (Å²) < 4.78 is 49.1. The van der Waals surface area contributed by atoms with E-state index in [4.69, 9.17) is 32.6 Å². The predicted octanol–water partition coefficient (Wildman–Crippen LogP) is 9.18. The second-order valence-corrected chi connectivity index (χ2v) is 9.45. The summed E-state index contributed by atoms with van der Waals surface area (Å²) in [6.45, 7) is 6.36. The third-order valence-corrected chi connectivity index (χ3v) is 5.05. The summed E-state index contributed by atoms with van der Waals surface area (Å²) >= 11 is 0. The van der Waals surface area contributed by atoms with Crippen LogP contribution in [0.15, 0.2) is 116 Å². The van der Waals surface area contributed by atoms with Crippen molar-refractivity contribution in [2.45, 2.75) is 19.4 Å². The summed E-state index contributed by atoms with van der Waals surface area (Å²) in [4.78, 5) is 0. The highest BCUT2D eigenvalue weighted by Gasteiger charge is 2.07. The highest BCUT2D eigenvalue weighted by molar-refractivity contribution is 5.74. The third-order valence-electron chi connectivity index (χ3n) is 5.05. The molecule has 0 aliphatic heterocycles. The van der Waals surface area contributed by atoms with E-state index in [-0.39, 0.29) is 23.3 Å². The molecule has 0 spiro atoms. The van der Waals surface area contributed by atoms with Crippen LogP contribution in [0.25, 0.3) is 17.7 Å². The number of allylic oxidation sites excluding steroid dienone is 3. The van der Waals surface area contributed by atoms with E-state index < -0.39 is 5.60 Å². The molecular weight excluding hydrogens is 616 g/mol. The lowest BCUT2D eigenvalue weighted by Gasteiger charge is -2.00. The number of nitriles is 4. The van der Waals surface area contributed by atoms with Crippen LogP contribution >= 0.6 is 0 Å². The molecule has 0 unspecified atom stereocenters. The Morgan fingerprint density at radius 2 is 0.958 bits per heavy atom. The first-order valence-electron chi connectivity index (χ1n) is 13.6. The molecule has 0 atom stereocenters. The molecule has 1 N–H and O–H groups in total. The number of rotatable bonds is 3. The quantitative estimate of drug-likeness (QED) is 0.103. The number of halogens is 4. The van der Waals surface area contributed by atoms with Gasteiger partial charge in [-0.05, 0) is 103 Å². The highest BCUT2D eigenvalue weighted by atomic mass is 19.1. The largest absolute Gasteiger partial charge is 0.376 e. The van der Waals surface area contributed by atoms with E-state index in [1.165, 1.54) is 86.7 Å². The monoisotopic (exact) mass is 646 g/mol. The van der Waals surface area contributed by atoms with Gasteiger partial charge in [0.2, 0.25) is 0 Å². The Morgan fingerprint density at radius 3 is 1.23 bits per heavy atom. The van der Waals surface area contributed by atoms with Crippen LogP contribution < -0.4 is 0 Å². The minimum atomic E-state index is -1.15. The molecular formula is C39H30F4N4O. The average molecular weight is 647 g/mol. The van der Waals surface area contributed by atoms with E-state index >= 15 is 0 Å². The summed E-state index contributed by atoms with van der Waals surface area (Å²) in [7, 11) is 0. The van der Waals surface area contributed by atoms with Gasteiger partial charge in [-0.1, -0.05) is 48.9 Å². The molecule has 5 nitrogen and oxygen atoms in total. The van der Waals surface area contributed by atoms with Crippen LogP contribution in [0.4, 0.5) is 17.6 Å². The van der Waals surface area contributed by atoms with E-state index in [0.717, 1.165) is 11.1 Å². The van der Waals surface area contributed by atoms with Gasteiger partial charge in [0.1, 0.15) is 28.9 Å². The van der Waals surface area contributed by atoms with Crippen molar-refractivity contribution in [3.63, 3.8) is 0 Å². The van der Waals surface area contributed by atoms with Gasteiger partial charge in [0, 0.05) is 17.7 Å². The van der Waals surface area contributed by atoms with Gasteiger partial charge in [-0.25, -0.2) is 17.6 Å². The Bertz CT molecular complexity index is 1760. The lowest BCUT2D eigenvalue weighted by molar-refractivity contribution is 0.141. The molecule has 0 aliphatic rings. The average Bonchev–Trinajstić information content (AvgIpc) is 3.09. The van der Waals surface area contributed by atoms with Crippen molar-refractivity contribution < 1.29 is 22.7 Å². The van der Waals surface area contributed by atoms with Gasteiger partial charge >= 0.3 is 0 Å². The van der Waals surface area contributed by atoms with Crippen LogP contribution in [0.1, 0.15) is 36.1 Å². The Balaban J connectivity index is 0.000000584. The molecule has 0 saturated heterocycles. The zero-order valence-electron chi connectivity index (χ0n) is 26.1. The molecule has 0 bridgehead atoms. The molecule has 0 aliphatic carbocycles. The van der Waals surface area contributed by atoms with E-state index in [9.17, 15) is 17.6 Å². The van der Waals surface area contributed by atoms with E-state index in [1.54, 1.807) is 54.6 Å². The summed E-state index contributed by atoms with van der Waals surface area (Å²) in [5.41, 5.74) is 2.22. The van der Waals surface area contributed by atoms with Crippen LogP contribution in [-0.2, 0) is 0 Å². The van der Waals surface area contributed by atoms with Gasteiger partial charge < -0.3 is 5.11 Å². The molecule has 4 aromatic rings. The van der Waals surface area contributed by atoms with Crippen LogP contribution in [0.3, 0.4) is 0 Å². The molecule has 0 saturated carbocycles. The zero-order chi connectivity index (χ0) is 36.4. The topological polar surface area (TPSA) is 115 Å². The highest BCUT2D eigenvalue weighted by Crippen LogP contribution is 2.11. The number of benzene rings is 4. The molecule has 4 rings (SSSR count). The number of hydrogen-bond acceptors (Lipinski definition) is 5. The van der Waals surface area contributed by atoms with E-state index in [0.29, 0.717) is 16.7 Å². The molecule has 0 amide bonds. The molecule has 9 heteroatoms. The minimum absolute atomic E-state index is 0.256. The lowest BCUT2D eigenvalue weighted by atomic mass is 10.1. The zero-order valence-corrected chi connectivity index (χ0v) is 26.1. The van der Waals surface area contributed by atoms with Gasteiger partial charge in [0.25, 0.3) is 0 Å². The van der Waals surface area contributed by atoms with Gasteiger partial charge in [0.15, 0.2) is 0 Å². The fourth-order valence-electron chi connectivity index (χ4n) is 2.68. The normalized spacial score (nSPS) is 9.38. The summed E-state index contributed by atoms with van der Waals surface area (Å²) in [5.74, 6) is 1.30. The summed E-state index contributed by atoms with van der Waals surface area (Å²) in [6.07, 6.45) is 11.0. The van der Waals surface area contributed by atoms with Crippen molar-refractivity contribution in [3.8, 4) is 36.6 Å². The minimum Gasteiger partial charge on any atom is -0.376 e. The molecule has 48 heavy (non-hydrogen) atoms. The van der Waals surface area contributed by atoms with Crippen LogP contribution in [-0.4, -0.2) is 10.7 Å². The fourth-order valence-corrected chi connectivity index (χ4v) is 2.68. The molecule has 0 heterocycles. The Morgan fingerprint density at radius 1 is 0.646 bits per heavy atom. The number of terminal acetylenes is 1. The second kappa shape index (κ2) is 23.7. The maximum absolute atomic E-state index is 12.3. The van der Waals surface area contributed by atoms with Crippen molar-refractivity contribution in [1.82, 2.24) is 0 Å². The molecule has 0 fully saturated rings. The Kier molecular flexibility index (Phi) is 20.3. The SMILES string of the molecule is C#Cc1ccc(F)cc1.C=C(C#N)c1ccc(F)cc1.CC(C)(O)C#N.N#C/C=C/c1ccc(F)cc1.N#C/C=C\c1ccc(F)cc1. The van der Waals surface area contributed by atoms with Gasteiger partial charge in [-0.3, -0.25) is 0 Å². The van der Waals surface area contributed by atoms with E-state index in [1.807, 2.05) is 18.2 Å². The molecule has 4 aromatic carbocycles. The van der Waals surface area contributed by atoms with Crippen LogP contribution in [0.5, 0.6) is 0 Å². The molecule has 0 radical (unpaired) electrons. The van der Waals surface area contributed by atoms with Gasteiger partial charge in [-0.15, -0.1) is 6.42 Å². The first-order valence-corrected chi connectivity index (χ1v) is 13.6. The van der Waals surface area contributed by atoms with Crippen LogP contribution in [0, 0.1) is 80.9 Å². The van der Waals surface area contributed by atoms with Gasteiger partial charge in [0.05, 0.1) is 29.8 Å². The third kappa shape index (κ3) is 21.1. The fraction of sp³-hybridized carbons (Fsp3) is 0.0769. The maximum Gasteiger partial charge on any atom is 0.145 e. The maximum atomic E-state index is 12.3. The van der Waals surface area contributed by atoms with Gasteiger partial charge in [-0.2, -0.15) is 21.0 Å². The predicted molar refractivity (Wildman–Crippen MR) is 179 cm³/mol. The summed E-state index contributed by atoms with van der Waals surface area (Å²) in [6, 6.07) is 30.6. The van der Waals surface area contributed by atoms with Crippen molar-refractivity contribution in [2.24, 2.45) is 0 Å². The Labute approximate surface area is 278 Å².